The molecule has 0 radical (unpaired) electrons. The number of ether oxygens (including phenoxy) is 1. The quantitative estimate of drug-likeness (QED) is 0.594. The van der Waals surface area contributed by atoms with Crippen molar-refractivity contribution in [3.05, 3.63) is 53.2 Å². The SMILES string of the molecule is CC(OC(=O)c1cccnc1SC(F)F)C(=O)Nc1cccc(Cl)c1. The second kappa shape index (κ2) is 8.77. The lowest BCUT2D eigenvalue weighted by atomic mass is 10.2. The molecular formula is C16H13ClF2N2O3S. The number of carbonyl (C=O) groups excluding carboxylic acids is 2. The van der Waals surface area contributed by atoms with Crippen molar-refractivity contribution in [2.24, 2.45) is 0 Å². The van der Waals surface area contributed by atoms with Gasteiger partial charge >= 0.3 is 5.97 Å². The van der Waals surface area contributed by atoms with E-state index in [0.717, 1.165) is 0 Å². The average molecular weight is 387 g/mol. The van der Waals surface area contributed by atoms with Crippen LogP contribution in [0.3, 0.4) is 0 Å². The van der Waals surface area contributed by atoms with E-state index in [1.807, 2.05) is 0 Å². The van der Waals surface area contributed by atoms with Gasteiger partial charge in [0.05, 0.1) is 5.56 Å². The van der Waals surface area contributed by atoms with E-state index < -0.39 is 23.7 Å². The van der Waals surface area contributed by atoms with Crippen LogP contribution in [0.4, 0.5) is 14.5 Å². The minimum Gasteiger partial charge on any atom is -0.449 e. The summed E-state index contributed by atoms with van der Waals surface area (Å²) >= 11 is 5.96. The highest BCUT2D eigenvalue weighted by Crippen LogP contribution is 2.27. The van der Waals surface area contributed by atoms with Gasteiger partial charge in [0.15, 0.2) is 6.10 Å². The van der Waals surface area contributed by atoms with Crippen LogP contribution >= 0.6 is 23.4 Å². The van der Waals surface area contributed by atoms with Crippen molar-refractivity contribution >= 4 is 40.9 Å². The minimum absolute atomic E-state index is 0.129. The van der Waals surface area contributed by atoms with Gasteiger partial charge in [-0.15, -0.1) is 0 Å². The molecule has 2 aromatic rings. The minimum atomic E-state index is -2.73. The maximum atomic E-state index is 12.5. The van der Waals surface area contributed by atoms with Crippen molar-refractivity contribution in [3.8, 4) is 0 Å². The van der Waals surface area contributed by atoms with Crippen molar-refractivity contribution in [2.45, 2.75) is 23.8 Å². The number of hydrogen-bond acceptors (Lipinski definition) is 5. The van der Waals surface area contributed by atoms with E-state index in [1.54, 1.807) is 18.2 Å². The normalized spacial score (nSPS) is 11.9. The predicted molar refractivity (Wildman–Crippen MR) is 91.1 cm³/mol. The molecule has 0 fully saturated rings. The molecule has 0 aliphatic carbocycles. The maximum Gasteiger partial charge on any atom is 0.341 e. The summed E-state index contributed by atoms with van der Waals surface area (Å²) in [5.74, 6) is -4.22. The summed E-state index contributed by atoms with van der Waals surface area (Å²) in [6, 6.07) is 9.18. The van der Waals surface area contributed by atoms with Gasteiger partial charge in [-0.3, -0.25) is 4.79 Å². The number of anilines is 1. The molecule has 0 bridgehead atoms. The fourth-order valence-corrected chi connectivity index (χ4v) is 2.57. The molecule has 1 unspecified atom stereocenters. The highest BCUT2D eigenvalue weighted by atomic mass is 35.5. The number of aromatic nitrogens is 1. The van der Waals surface area contributed by atoms with Crippen LogP contribution < -0.4 is 5.32 Å². The van der Waals surface area contributed by atoms with E-state index in [2.05, 4.69) is 10.3 Å². The first-order valence-corrected chi connectivity index (χ1v) is 8.30. The molecule has 1 amide bonds. The molecule has 0 aliphatic heterocycles. The van der Waals surface area contributed by atoms with Crippen LogP contribution in [0.25, 0.3) is 0 Å². The molecule has 0 saturated heterocycles. The van der Waals surface area contributed by atoms with E-state index in [-0.39, 0.29) is 22.4 Å². The third-order valence-corrected chi connectivity index (χ3v) is 3.90. The van der Waals surface area contributed by atoms with Gasteiger partial charge in [0, 0.05) is 16.9 Å². The van der Waals surface area contributed by atoms with Gasteiger partial charge in [-0.25, -0.2) is 9.78 Å². The Balaban J connectivity index is 2.03. The zero-order valence-corrected chi connectivity index (χ0v) is 14.5. The molecule has 9 heteroatoms. The summed E-state index contributed by atoms with van der Waals surface area (Å²) in [4.78, 5) is 28.0. The van der Waals surface area contributed by atoms with Gasteiger partial charge in [-0.05, 0) is 49.0 Å². The van der Waals surface area contributed by atoms with Gasteiger partial charge < -0.3 is 10.1 Å². The van der Waals surface area contributed by atoms with Crippen LogP contribution in [-0.4, -0.2) is 28.7 Å². The smallest absolute Gasteiger partial charge is 0.341 e. The van der Waals surface area contributed by atoms with E-state index in [0.29, 0.717) is 10.7 Å². The van der Waals surface area contributed by atoms with Crippen molar-refractivity contribution in [2.75, 3.05) is 5.32 Å². The number of alkyl halides is 2. The average Bonchev–Trinajstić information content (AvgIpc) is 2.54. The Morgan fingerprint density at radius 3 is 2.72 bits per heavy atom. The molecule has 1 heterocycles. The van der Waals surface area contributed by atoms with Crippen LogP contribution in [0.1, 0.15) is 17.3 Å². The van der Waals surface area contributed by atoms with Crippen molar-refractivity contribution in [1.29, 1.82) is 0 Å². The van der Waals surface area contributed by atoms with Gasteiger partial charge in [0.25, 0.3) is 11.7 Å². The molecule has 1 atom stereocenters. The van der Waals surface area contributed by atoms with Crippen LogP contribution in [0.5, 0.6) is 0 Å². The summed E-state index contributed by atoms with van der Waals surface area (Å²) in [6.07, 6.45) is 0.146. The zero-order valence-electron chi connectivity index (χ0n) is 12.9. The van der Waals surface area contributed by atoms with Crippen molar-refractivity contribution in [3.63, 3.8) is 0 Å². The number of esters is 1. The Labute approximate surface area is 151 Å². The lowest BCUT2D eigenvalue weighted by Crippen LogP contribution is -2.30. The highest BCUT2D eigenvalue weighted by Gasteiger charge is 2.23. The molecule has 1 N–H and O–H groups in total. The standard InChI is InChI=1S/C16H13ClF2N2O3S/c1-9(13(22)21-11-5-2-4-10(17)8-11)24-15(23)12-6-3-7-20-14(12)25-16(18)19/h2-9,16H,1H3,(H,21,22). The molecule has 1 aromatic carbocycles. The van der Waals surface area contributed by atoms with Gasteiger partial charge in [-0.1, -0.05) is 17.7 Å². The fraction of sp³-hybridized carbons (Fsp3) is 0.188. The molecule has 0 aliphatic rings. The number of thioether (sulfide) groups is 1. The Morgan fingerprint density at radius 2 is 2.04 bits per heavy atom. The van der Waals surface area contributed by atoms with Gasteiger partial charge in [-0.2, -0.15) is 8.78 Å². The first-order valence-electron chi connectivity index (χ1n) is 7.04. The number of rotatable bonds is 6. The summed E-state index contributed by atoms with van der Waals surface area (Å²) in [7, 11) is 0. The molecule has 2 rings (SSSR count). The maximum absolute atomic E-state index is 12.5. The number of nitrogens with zero attached hydrogens (tertiary/aromatic N) is 1. The molecule has 0 spiro atoms. The van der Waals surface area contributed by atoms with Crippen molar-refractivity contribution in [1.82, 2.24) is 4.98 Å². The second-order valence-corrected chi connectivity index (χ2v) is 6.20. The third kappa shape index (κ3) is 5.68. The third-order valence-electron chi connectivity index (χ3n) is 2.94. The second-order valence-electron chi connectivity index (χ2n) is 4.78. The van der Waals surface area contributed by atoms with Crippen LogP contribution in [0.2, 0.25) is 5.02 Å². The van der Waals surface area contributed by atoms with Crippen molar-refractivity contribution < 1.29 is 23.1 Å². The number of carbonyl (C=O) groups is 2. The first kappa shape index (κ1) is 19.1. The van der Waals surface area contributed by atoms with Crippen LogP contribution in [0, 0.1) is 0 Å². The number of benzene rings is 1. The monoisotopic (exact) mass is 386 g/mol. The number of amides is 1. The largest absolute Gasteiger partial charge is 0.449 e. The number of hydrogen-bond donors (Lipinski definition) is 1. The lowest BCUT2D eigenvalue weighted by Gasteiger charge is -2.14. The zero-order chi connectivity index (χ0) is 18.4. The van der Waals surface area contributed by atoms with E-state index in [4.69, 9.17) is 16.3 Å². The molecule has 5 nitrogen and oxygen atoms in total. The summed E-state index contributed by atoms with van der Waals surface area (Å²) in [5, 5.41) is 2.82. The summed E-state index contributed by atoms with van der Waals surface area (Å²) in [5.41, 5.74) is 0.311. The summed E-state index contributed by atoms with van der Waals surface area (Å²) in [6.45, 7) is 1.37. The topological polar surface area (TPSA) is 68.3 Å². The fourth-order valence-electron chi connectivity index (χ4n) is 1.81. The summed E-state index contributed by atoms with van der Waals surface area (Å²) < 4.78 is 30.1. The Morgan fingerprint density at radius 1 is 1.28 bits per heavy atom. The van der Waals surface area contributed by atoms with E-state index in [9.17, 15) is 18.4 Å². The Bertz CT molecular complexity index is 777. The molecule has 132 valence electrons. The predicted octanol–water partition coefficient (Wildman–Crippen LogP) is 4.23. The Kier molecular flexibility index (Phi) is 6.72. The van der Waals surface area contributed by atoms with Gasteiger partial charge in [0.2, 0.25) is 0 Å². The molecule has 0 saturated carbocycles. The molecule has 1 aromatic heterocycles. The first-order chi connectivity index (χ1) is 11.9. The number of pyridine rings is 1. The highest BCUT2D eigenvalue weighted by molar-refractivity contribution is 7.99. The lowest BCUT2D eigenvalue weighted by molar-refractivity contribution is -0.123. The van der Waals surface area contributed by atoms with E-state index >= 15 is 0 Å². The Hall–Kier alpha value is -2.19. The molecule has 25 heavy (non-hydrogen) atoms. The van der Waals surface area contributed by atoms with E-state index in [1.165, 1.54) is 31.3 Å². The van der Waals surface area contributed by atoms with Gasteiger partial charge in [0.1, 0.15) is 5.03 Å². The molecular weight excluding hydrogens is 374 g/mol. The van der Waals surface area contributed by atoms with Crippen LogP contribution in [0.15, 0.2) is 47.6 Å². The number of nitrogens with one attached hydrogen (secondary N) is 1. The van der Waals surface area contributed by atoms with Crippen LogP contribution in [-0.2, 0) is 9.53 Å². The number of halogens is 3.